The Kier molecular flexibility index (Phi) is 14.4. The van der Waals surface area contributed by atoms with Gasteiger partial charge in [-0.25, -0.2) is 0 Å². The molecule has 1 aliphatic rings. The van der Waals surface area contributed by atoms with E-state index >= 15 is 0 Å². The van der Waals surface area contributed by atoms with Crippen LogP contribution in [0.25, 0.3) is 0 Å². The molecule has 1 fully saturated rings. The van der Waals surface area contributed by atoms with E-state index in [9.17, 15) is 4.79 Å². The summed E-state index contributed by atoms with van der Waals surface area (Å²) in [4.78, 5) is 19.3. The second kappa shape index (κ2) is 16.1. The molecule has 0 aliphatic carbocycles. The second-order valence-electron chi connectivity index (χ2n) is 7.88. The van der Waals surface area contributed by atoms with E-state index in [0.717, 1.165) is 62.6 Å². The highest BCUT2D eigenvalue weighted by Gasteiger charge is 2.26. The number of piperidine rings is 1. The first-order chi connectivity index (χ1) is 15.1. The van der Waals surface area contributed by atoms with Crippen LogP contribution in [0, 0.1) is 5.92 Å². The van der Waals surface area contributed by atoms with Crippen LogP contribution in [0.5, 0.6) is 5.75 Å². The van der Waals surface area contributed by atoms with Crippen LogP contribution < -0.4 is 15.4 Å². The largest absolute Gasteiger partial charge is 0.496 e. The highest BCUT2D eigenvalue weighted by atomic mass is 127. The van der Waals surface area contributed by atoms with E-state index in [-0.39, 0.29) is 29.9 Å². The Balaban J connectivity index is 0.00000512. The van der Waals surface area contributed by atoms with Crippen molar-refractivity contribution >= 4 is 35.8 Å². The van der Waals surface area contributed by atoms with Crippen molar-refractivity contribution in [1.29, 1.82) is 0 Å². The first-order valence-electron chi connectivity index (χ1n) is 11.7. The maximum absolute atomic E-state index is 12.6. The fraction of sp³-hybridized carbons (Fsp3) is 0.667. The second-order valence-corrected chi connectivity index (χ2v) is 7.88. The summed E-state index contributed by atoms with van der Waals surface area (Å²) in [6.07, 6.45) is 3.73. The lowest BCUT2D eigenvalue weighted by Gasteiger charge is -2.34. The molecule has 1 aromatic carbocycles. The number of carbonyl (C=O) groups excluding carboxylic acids is 1. The SMILES string of the molecule is CCNC(=NCCOCc1ccccc1OC)NC1CCN(C(=O)C(CC)CC)CC1.I. The van der Waals surface area contributed by atoms with Gasteiger partial charge in [0.1, 0.15) is 5.75 Å². The zero-order valence-corrected chi connectivity index (χ0v) is 22.4. The van der Waals surface area contributed by atoms with Crippen LogP contribution in [0.2, 0.25) is 0 Å². The van der Waals surface area contributed by atoms with Crippen LogP contribution in [0.4, 0.5) is 0 Å². The molecule has 1 aliphatic heterocycles. The normalized spacial score (nSPS) is 14.8. The third-order valence-corrected chi connectivity index (χ3v) is 5.78. The standard InChI is InChI=1S/C24H40N4O3.HI/c1-5-19(6-2)23(29)28-15-12-21(13-16-28)27-24(25-7-3)26-14-17-31-18-20-10-8-9-11-22(20)30-4;/h8-11,19,21H,5-7,12-18H2,1-4H3,(H2,25,26,27);1H. The lowest BCUT2D eigenvalue weighted by atomic mass is 9.98. The Bertz CT molecular complexity index is 690. The number of methoxy groups -OCH3 is 1. The van der Waals surface area contributed by atoms with Crippen molar-refractivity contribution in [2.45, 2.75) is 59.1 Å². The third kappa shape index (κ3) is 9.13. The molecule has 0 spiro atoms. The molecule has 1 saturated heterocycles. The van der Waals surface area contributed by atoms with Crippen molar-refractivity contribution in [3.8, 4) is 5.75 Å². The molecule has 0 radical (unpaired) electrons. The van der Waals surface area contributed by atoms with Gasteiger partial charge in [-0.2, -0.15) is 0 Å². The number of halogens is 1. The summed E-state index contributed by atoms with van der Waals surface area (Å²) in [5, 5.41) is 6.84. The molecule has 7 nitrogen and oxygen atoms in total. The van der Waals surface area contributed by atoms with Crippen molar-refractivity contribution in [2.24, 2.45) is 10.9 Å². The van der Waals surface area contributed by atoms with Gasteiger partial charge in [0.05, 0.1) is 26.9 Å². The predicted octanol–water partition coefficient (Wildman–Crippen LogP) is 3.81. The molecule has 1 heterocycles. The van der Waals surface area contributed by atoms with Gasteiger partial charge in [0, 0.05) is 37.2 Å². The van der Waals surface area contributed by atoms with Gasteiger partial charge < -0.3 is 25.0 Å². The van der Waals surface area contributed by atoms with Gasteiger partial charge in [-0.3, -0.25) is 9.79 Å². The molecule has 0 unspecified atom stereocenters. The van der Waals surface area contributed by atoms with Gasteiger partial charge in [-0.1, -0.05) is 32.0 Å². The van der Waals surface area contributed by atoms with Crippen LogP contribution in [-0.4, -0.2) is 62.7 Å². The number of likely N-dealkylation sites (tertiary alicyclic amines) is 1. The molecule has 32 heavy (non-hydrogen) atoms. The van der Waals surface area contributed by atoms with E-state index in [1.165, 1.54) is 0 Å². The number of aliphatic imine (C=N–C) groups is 1. The minimum atomic E-state index is 0. The topological polar surface area (TPSA) is 75.2 Å². The quantitative estimate of drug-likeness (QED) is 0.186. The van der Waals surface area contributed by atoms with Crippen molar-refractivity contribution in [1.82, 2.24) is 15.5 Å². The summed E-state index contributed by atoms with van der Waals surface area (Å²) >= 11 is 0. The summed E-state index contributed by atoms with van der Waals surface area (Å²) in [6.45, 7) is 10.3. The fourth-order valence-electron chi connectivity index (χ4n) is 3.88. The highest BCUT2D eigenvalue weighted by molar-refractivity contribution is 14.0. The van der Waals surface area contributed by atoms with Crippen LogP contribution in [-0.2, 0) is 16.1 Å². The summed E-state index contributed by atoms with van der Waals surface area (Å²) in [7, 11) is 1.67. The number of hydrogen-bond acceptors (Lipinski definition) is 4. The van der Waals surface area contributed by atoms with Gasteiger partial charge in [-0.05, 0) is 38.7 Å². The number of nitrogens with one attached hydrogen (secondary N) is 2. The first kappa shape index (κ1) is 28.5. The van der Waals surface area contributed by atoms with Gasteiger partial charge in [-0.15, -0.1) is 24.0 Å². The molecule has 2 rings (SSSR count). The number of carbonyl (C=O) groups is 1. The van der Waals surface area contributed by atoms with E-state index < -0.39 is 0 Å². The molecular formula is C24H41IN4O3. The Hall–Kier alpha value is -1.55. The Morgan fingerprint density at radius 2 is 1.88 bits per heavy atom. The van der Waals surface area contributed by atoms with Crippen LogP contribution in [0.1, 0.15) is 52.0 Å². The van der Waals surface area contributed by atoms with Gasteiger partial charge in [0.15, 0.2) is 5.96 Å². The molecule has 0 atom stereocenters. The molecule has 0 bridgehead atoms. The number of guanidine groups is 1. The average molecular weight is 561 g/mol. The summed E-state index contributed by atoms with van der Waals surface area (Å²) in [5.41, 5.74) is 1.04. The summed E-state index contributed by atoms with van der Waals surface area (Å²) in [6, 6.07) is 8.21. The van der Waals surface area contributed by atoms with Crippen LogP contribution in [0.15, 0.2) is 29.3 Å². The lowest BCUT2D eigenvalue weighted by molar-refractivity contribution is -0.136. The number of amides is 1. The average Bonchev–Trinajstić information content (AvgIpc) is 2.80. The van der Waals surface area contributed by atoms with E-state index in [0.29, 0.717) is 31.7 Å². The summed E-state index contributed by atoms with van der Waals surface area (Å²) in [5.74, 6) is 2.14. The first-order valence-corrected chi connectivity index (χ1v) is 11.7. The number of rotatable bonds is 11. The van der Waals surface area contributed by atoms with E-state index in [2.05, 4.69) is 36.4 Å². The third-order valence-electron chi connectivity index (χ3n) is 5.78. The smallest absolute Gasteiger partial charge is 0.225 e. The van der Waals surface area contributed by atoms with E-state index in [1.807, 2.05) is 29.2 Å². The molecule has 0 saturated carbocycles. The molecular weight excluding hydrogens is 519 g/mol. The maximum Gasteiger partial charge on any atom is 0.225 e. The Labute approximate surface area is 210 Å². The van der Waals surface area contributed by atoms with Crippen LogP contribution >= 0.6 is 24.0 Å². The van der Waals surface area contributed by atoms with E-state index in [4.69, 9.17) is 9.47 Å². The number of para-hydroxylation sites is 1. The van der Waals surface area contributed by atoms with Crippen molar-refractivity contribution in [3.05, 3.63) is 29.8 Å². The summed E-state index contributed by atoms with van der Waals surface area (Å²) < 4.78 is 11.1. The van der Waals surface area contributed by atoms with E-state index in [1.54, 1.807) is 7.11 Å². The minimum absolute atomic E-state index is 0. The van der Waals surface area contributed by atoms with Gasteiger partial charge >= 0.3 is 0 Å². The van der Waals surface area contributed by atoms with Gasteiger partial charge in [0.25, 0.3) is 0 Å². The zero-order chi connectivity index (χ0) is 22.5. The van der Waals surface area contributed by atoms with Gasteiger partial charge in [0.2, 0.25) is 5.91 Å². The van der Waals surface area contributed by atoms with Crippen LogP contribution in [0.3, 0.4) is 0 Å². The van der Waals surface area contributed by atoms with Crippen molar-refractivity contribution in [3.63, 3.8) is 0 Å². The Morgan fingerprint density at radius 1 is 1.19 bits per heavy atom. The molecule has 1 amide bonds. The number of nitrogens with zero attached hydrogens (tertiary/aromatic N) is 2. The number of ether oxygens (including phenoxy) is 2. The highest BCUT2D eigenvalue weighted by Crippen LogP contribution is 2.18. The number of hydrogen-bond donors (Lipinski definition) is 2. The van der Waals surface area contributed by atoms with Crippen molar-refractivity contribution in [2.75, 3.05) is 39.9 Å². The zero-order valence-electron chi connectivity index (χ0n) is 20.1. The minimum Gasteiger partial charge on any atom is -0.496 e. The molecule has 0 aromatic heterocycles. The maximum atomic E-state index is 12.6. The number of benzene rings is 1. The molecule has 1 aromatic rings. The Morgan fingerprint density at radius 3 is 2.50 bits per heavy atom. The molecule has 2 N–H and O–H groups in total. The lowest BCUT2D eigenvalue weighted by Crippen LogP contribution is -2.50. The molecule has 182 valence electrons. The fourth-order valence-corrected chi connectivity index (χ4v) is 3.88. The monoisotopic (exact) mass is 560 g/mol. The predicted molar refractivity (Wildman–Crippen MR) is 141 cm³/mol. The van der Waals surface area contributed by atoms with Crippen molar-refractivity contribution < 1.29 is 14.3 Å². The molecule has 8 heteroatoms.